The van der Waals surface area contributed by atoms with Gasteiger partial charge in [-0.1, -0.05) is 133 Å². The topological polar surface area (TPSA) is 18.5 Å². The molecule has 0 saturated heterocycles. The molecule has 0 radical (unpaired) electrons. The van der Waals surface area contributed by atoms with Crippen LogP contribution in [0.3, 0.4) is 0 Å². The van der Waals surface area contributed by atoms with Crippen molar-refractivity contribution < 1.29 is 9.47 Å². The molecule has 0 bridgehead atoms. The number of hydrogen-bond acceptors (Lipinski definition) is 2. The van der Waals surface area contributed by atoms with Crippen molar-refractivity contribution >= 4 is 11.1 Å². The summed E-state index contributed by atoms with van der Waals surface area (Å²) in [6.07, 6.45) is 13.6. The molecule has 0 amide bonds. The number of unbranched alkanes of at least 4 members (excludes halogenated alkanes) is 6. The third-order valence-corrected chi connectivity index (χ3v) is 8.09. The number of rotatable bonds is 18. The number of hydrogen-bond donors (Lipinski definition) is 0. The van der Waals surface area contributed by atoms with E-state index in [-0.39, 0.29) is 0 Å². The Morgan fingerprint density at radius 2 is 0.652 bits per heavy atom. The highest BCUT2D eigenvalue weighted by molar-refractivity contribution is 5.80. The van der Waals surface area contributed by atoms with Crippen LogP contribution in [0.4, 0.5) is 0 Å². The highest BCUT2D eigenvalue weighted by atomic mass is 16.5. The molecule has 0 saturated carbocycles. The summed E-state index contributed by atoms with van der Waals surface area (Å²) >= 11 is 0. The molecule has 0 atom stereocenters. The first-order valence-electron chi connectivity index (χ1n) is 16.8. The fraction of sp³-hybridized carbons (Fsp3) is 0.227. The van der Waals surface area contributed by atoms with Crippen LogP contribution >= 0.6 is 0 Å². The summed E-state index contributed by atoms with van der Waals surface area (Å²) in [5, 5.41) is 0. The second kappa shape index (κ2) is 18.9. The zero-order valence-corrected chi connectivity index (χ0v) is 26.9. The molecule has 0 heterocycles. The molecule has 0 unspecified atom stereocenters. The van der Waals surface area contributed by atoms with Gasteiger partial charge in [-0.15, -0.1) is 0 Å². The SMILES string of the molecule is C(CCCCCOc1ccc(OCCCCCC=C(c2ccccc2)c2ccccc2)cc1)=C(c1ccccc1)c1ccccc1. The molecule has 0 spiro atoms. The minimum atomic E-state index is 0.735. The lowest BCUT2D eigenvalue weighted by Crippen LogP contribution is -1.99. The van der Waals surface area contributed by atoms with Gasteiger partial charge in [-0.05, 0) is 109 Å². The van der Waals surface area contributed by atoms with E-state index in [1.807, 2.05) is 24.3 Å². The fourth-order valence-corrected chi connectivity index (χ4v) is 5.63. The zero-order valence-electron chi connectivity index (χ0n) is 26.9. The lowest BCUT2D eigenvalue weighted by Gasteiger charge is -2.10. The van der Waals surface area contributed by atoms with E-state index in [2.05, 4.69) is 133 Å². The largest absolute Gasteiger partial charge is 0.494 e. The highest BCUT2D eigenvalue weighted by Gasteiger charge is 2.05. The Kier molecular flexibility index (Phi) is 13.4. The van der Waals surface area contributed by atoms with Crippen LogP contribution in [-0.4, -0.2) is 13.2 Å². The lowest BCUT2D eigenvalue weighted by molar-refractivity contribution is 0.297. The van der Waals surface area contributed by atoms with Crippen LogP contribution in [-0.2, 0) is 0 Å². The van der Waals surface area contributed by atoms with Crippen molar-refractivity contribution in [1.29, 1.82) is 0 Å². The van der Waals surface area contributed by atoms with E-state index in [1.165, 1.54) is 33.4 Å². The van der Waals surface area contributed by atoms with E-state index >= 15 is 0 Å². The van der Waals surface area contributed by atoms with E-state index < -0.39 is 0 Å². The van der Waals surface area contributed by atoms with Crippen molar-refractivity contribution in [3.05, 3.63) is 180 Å². The Hall–Kier alpha value is -4.82. The fourth-order valence-electron chi connectivity index (χ4n) is 5.63. The monoisotopic (exact) mass is 606 g/mol. The van der Waals surface area contributed by atoms with Crippen molar-refractivity contribution in [2.75, 3.05) is 13.2 Å². The van der Waals surface area contributed by atoms with Crippen molar-refractivity contribution in [1.82, 2.24) is 0 Å². The van der Waals surface area contributed by atoms with E-state index in [4.69, 9.17) is 9.47 Å². The number of allylic oxidation sites excluding steroid dienone is 2. The Bertz CT molecular complexity index is 1380. The number of ether oxygens (including phenoxy) is 2. The maximum Gasteiger partial charge on any atom is 0.119 e. The summed E-state index contributed by atoms with van der Waals surface area (Å²) in [6.45, 7) is 1.47. The molecule has 0 aromatic heterocycles. The summed E-state index contributed by atoms with van der Waals surface area (Å²) < 4.78 is 12.0. The Labute approximate surface area is 276 Å². The van der Waals surface area contributed by atoms with E-state index in [1.54, 1.807) is 0 Å². The maximum absolute atomic E-state index is 6.00. The van der Waals surface area contributed by atoms with Crippen LogP contribution in [0.5, 0.6) is 11.5 Å². The van der Waals surface area contributed by atoms with E-state index in [9.17, 15) is 0 Å². The quantitative estimate of drug-likeness (QED) is 0.0924. The molecule has 2 heteroatoms. The Morgan fingerprint density at radius 1 is 0.348 bits per heavy atom. The molecule has 5 aromatic rings. The zero-order chi connectivity index (χ0) is 31.5. The molecule has 0 aliphatic heterocycles. The van der Waals surface area contributed by atoms with Crippen LogP contribution in [0.2, 0.25) is 0 Å². The minimum Gasteiger partial charge on any atom is -0.494 e. The number of benzene rings is 5. The van der Waals surface area contributed by atoms with Gasteiger partial charge in [0.1, 0.15) is 11.5 Å². The van der Waals surface area contributed by atoms with Gasteiger partial charge in [0.15, 0.2) is 0 Å². The third kappa shape index (κ3) is 10.7. The van der Waals surface area contributed by atoms with Crippen molar-refractivity contribution in [2.24, 2.45) is 0 Å². The summed E-state index contributed by atoms with van der Waals surface area (Å²) in [5.41, 5.74) is 7.72. The minimum absolute atomic E-state index is 0.735. The normalized spacial score (nSPS) is 10.6. The third-order valence-electron chi connectivity index (χ3n) is 8.09. The van der Waals surface area contributed by atoms with E-state index in [0.717, 1.165) is 76.1 Å². The van der Waals surface area contributed by atoms with Gasteiger partial charge in [-0.25, -0.2) is 0 Å². The van der Waals surface area contributed by atoms with Crippen molar-refractivity contribution in [3.8, 4) is 11.5 Å². The first kappa shape index (κ1) is 32.6. The smallest absolute Gasteiger partial charge is 0.119 e. The molecule has 46 heavy (non-hydrogen) atoms. The van der Waals surface area contributed by atoms with Gasteiger partial charge in [0.2, 0.25) is 0 Å². The molecule has 5 rings (SSSR count). The molecule has 0 fully saturated rings. The molecule has 0 N–H and O–H groups in total. The Balaban J connectivity index is 0.956. The van der Waals surface area contributed by atoms with Crippen LogP contribution in [0, 0.1) is 0 Å². The van der Waals surface area contributed by atoms with Crippen molar-refractivity contribution in [2.45, 2.75) is 51.4 Å². The Morgan fingerprint density at radius 3 is 0.957 bits per heavy atom. The predicted molar refractivity (Wildman–Crippen MR) is 194 cm³/mol. The first-order chi connectivity index (χ1) is 22.9. The molecular weight excluding hydrogens is 560 g/mol. The van der Waals surface area contributed by atoms with Crippen LogP contribution < -0.4 is 9.47 Å². The molecule has 0 aliphatic rings. The molecule has 2 nitrogen and oxygen atoms in total. The van der Waals surface area contributed by atoms with Crippen LogP contribution in [0.25, 0.3) is 11.1 Å². The van der Waals surface area contributed by atoms with Gasteiger partial charge >= 0.3 is 0 Å². The van der Waals surface area contributed by atoms with Gasteiger partial charge < -0.3 is 9.47 Å². The average Bonchev–Trinajstić information content (AvgIpc) is 3.13. The predicted octanol–water partition coefficient (Wildman–Crippen LogP) is 11.8. The van der Waals surface area contributed by atoms with Gasteiger partial charge in [0.05, 0.1) is 13.2 Å². The van der Waals surface area contributed by atoms with Gasteiger partial charge in [-0.2, -0.15) is 0 Å². The summed E-state index contributed by atoms with van der Waals surface area (Å²) in [4.78, 5) is 0. The second-order valence-corrected chi connectivity index (χ2v) is 11.6. The molecule has 5 aromatic carbocycles. The standard InChI is InChI=1S/C44H46O2/c1(17-29-43(37-21-9-5-10-22-37)38-23-11-6-12-24-38)3-19-35-45-41-31-33-42(34-32-41)46-36-20-4-2-18-30-44(39-25-13-7-14-26-39)40-27-15-8-16-28-40/h5-16,21-34H,1-4,17-20,35-36H2. The first-order valence-corrected chi connectivity index (χ1v) is 16.8. The van der Waals surface area contributed by atoms with Crippen molar-refractivity contribution in [3.63, 3.8) is 0 Å². The molecule has 0 aliphatic carbocycles. The van der Waals surface area contributed by atoms with E-state index in [0.29, 0.717) is 0 Å². The average molecular weight is 607 g/mol. The second-order valence-electron chi connectivity index (χ2n) is 11.6. The van der Waals surface area contributed by atoms with Crippen LogP contribution in [0.15, 0.2) is 158 Å². The summed E-state index contributed by atoms with van der Waals surface area (Å²) in [5.74, 6) is 1.81. The lowest BCUT2D eigenvalue weighted by atomic mass is 9.96. The highest BCUT2D eigenvalue weighted by Crippen LogP contribution is 2.26. The summed E-state index contributed by atoms with van der Waals surface area (Å²) in [7, 11) is 0. The van der Waals surface area contributed by atoms with Gasteiger partial charge in [0.25, 0.3) is 0 Å². The van der Waals surface area contributed by atoms with Crippen LogP contribution in [0.1, 0.15) is 73.6 Å². The molecular formula is C44H46O2. The maximum atomic E-state index is 6.00. The summed E-state index contributed by atoms with van der Waals surface area (Å²) in [6, 6.07) is 50.8. The van der Waals surface area contributed by atoms with Gasteiger partial charge in [-0.3, -0.25) is 0 Å². The van der Waals surface area contributed by atoms with Gasteiger partial charge in [0, 0.05) is 0 Å². The molecule has 234 valence electrons.